The van der Waals surface area contributed by atoms with E-state index in [1.807, 2.05) is 44.2 Å². The highest BCUT2D eigenvalue weighted by Crippen LogP contribution is 2.23. The van der Waals surface area contributed by atoms with Crippen LogP contribution in [-0.4, -0.2) is 14.3 Å². The second-order valence-electron chi connectivity index (χ2n) is 6.80. The summed E-state index contributed by atoms with van der Waals surface area (Å²) >= 11 is 0. The molecule has 0 aliphatic rings. The molecule has 0 spiro atoms. The van der Waals surface area contributed by atoms with Crippen molar-refractivity contribution >= 4 is 21.7 Å². The zero-order valence-corrected chi connectivity index (χ0v) is 17.4. The molecule has 0 fully saturated rings. The van der Waals surface area contributed by atoms with E-state index in [1.165, 1.54) is 24.3 Å². The molecule has 3 aromatic rings. The molecule has 0 aliphatic carbocycles. The van der Waals surface area contributed by atoms with Gasteiger partial charge in [0.05, 0.1) is 0 Å². The van der Waals surface area contributed by atoms with Gasteiger partial charge in [0, 0.05) is 11.3 Å². The van der Waals surface area contributed by atoms with Crippen molar-refractivity contribution in [3.8, 4) is 5.75 Å². The monoisotopic (exact) mass is 409 g/mol. The van der Waals surface area contributed by atoms with E-state index in [-0.39, 0.29) is 16.6 Å². The van der Waals surface area contributed by atoms with E-state index >= 15 is 0 Å². The zero-order valence-electron chi connectivity index (χ0n) is 16.6. The molecule has 1 amide bonds. The number of anilines is 1. The van der Waals surface area contributed by atoms with Crippen LogP contribution in [0.5, 0.6) is 5.75 Å². The molecule has 0 aromatic heterocycles. The third kappa shape index (κ3) is 4.84. The molecule has 0 unspecified atom stereocenters. The molecule has 0 heterocycles. The summed E-state index contributed by atoms with van der Waals surface area (Å²) in [5, 5.41) is 2.89. The van der Waals surface area contributed by atoms with E-state index in [0.717, 1.165) is 23.2 Å². The quantitative estimate of drug-likeness (QED) is 0.589. The number of amides is 1. The van der Waals surface area contributed by atoms with Crippen molar-refractivity contribution in [3.05, 3.63) is 89.0 Å². The van der Waals surface area contributed by atoms with Gasteiger partial charge in [-0.1, -0.05) is 37.3 Å². The molecule has 3 aromatic carbocycles. The molecule has 29 heavy (non-hydrogen) atoms. The maximum absolute atomic E-state index is 12.6. The highest BCUT2D eigenvalue weighted by atomic mass is 32.2. The Morgan fingerprint density at radius 1 is 0.966 bits per heavy atom. The van der Waals surface area contributed by atoms with Crippen molar-refractivity contribution < 1.29 is 17.4 Å². The third-order valence-electron chi connectivity index (χ3n) is 4.58. The summed E-state index contributed by atoms with van der Waals surface area (Å²) in [7, 11) is -3.96. The van der Waals surface area contributed by atoms with Crippen molar-refractivity contribution in [2.75, 3.05) is 5.32 Å². The highest BCUT2D eigenvalue weighted by molar-refractivity contribution is 7.87. The van der Waals surface area contributed by atoms with Crippen molar-refractivity contribution in [2.24, 2.45) is 0 Å². The van der Waals surface area contributed by atoms with Crippen LogP contribution in [0.15, 0.2) is 71.6 Å². The summed E-state index contributed by atoms with van der Waals surface area (Å²) in [4.78, 5) is 12.6. The number of hydrogen-bond donors (Lipinski definition) is 1. The van der Waals surface area contributed by atoms with E-state index < -0.39 is 10.1 Å². The number of nitrogens with one attached hydrogen (secondary N) is 1. The molecule has 0 bridgehead atoms. The minimum Gasteiger partial charge on any atom is -0.379 e. The molecule has 0 saturated carbocycles. The lowest BCUT2D eigenvalue weighted by atomic mass is 10.1. The number of rotatable bonds is 6. The minimum absolute atomic E-state index is 0.135. The van der Waals surface area contributed by atoms with Crippen LogP contribution in [0, 0.1) is 13.8 Å². The fourth-order valence-electron chi connectivity index (χ4n) is 2.96. The van der Waals surface area contributed by atoms with Gasteiger partial charge in [0.25, 0.3) is 5.91 Å². The summed E-state index contributed by atoms with van der Waals surface area (Å²) < 4.78 is 30.5. The zero-order chi connectivity index (χ0) is 21.0. The van der Waals surface area contributed by atoms with Crippen molar-refractivity contribution in [1.29, 1.82) is 0 Å². The second-order valence-corrected chi connectivity index (χ2v) is 8.31. The first-order chi connectivity index (χ1) is 13.8. The molecular formula is C23H23NO4S. The highest BCUT2D eigenvalue weighted by Gasteiger charge is 2.20. The molecule has 5 nitrogen and oxygen atoms in total. The van der Waals surface area contributed by atoms with E-state index in [1.54, 1.807) is 19.1 Å². The Labute approximate surface area is 171 Å². The second kappa shape index (κ2) is 8.49. The predicted molar refractivity (Wildman–Crippen MR) is 114 cm³/mol. The maximum atomic E-state index is 12.6. The van der Waals surface area contributed by atoms with Gasteiger partial charge in [0.2, 0.25) is 0 Å². The molecule has 0 saturated heterocycles. The SMILES string of the molecule is CCc1ccccc1NC(=O)c1ccc(OS(=O)(=O)c2cc(C)ccc2C)cc1. The molecule has 0 radical (unpaired) electrons. The minimum atomic E-state index is -3.96. The number of aryl methyl sites for hydroxylation is 3. The van der Waals surface area contributed by atoms with Crippen LogP contribution in [0.25, 0.3) is 0 Å². The lowest BCUT2D eigenvalue weighted by molar-refractivity contribution is 0.102. The average Bonchev–Trinajstić information content (AvgIpc) is 2.70. The van der Waals surface area contributed by atoms with Crippen molar-refractivity contribution in [1.82, 2.24) is 0 Å². The van der Waals surface area contributed by atoms with Gasteiger partial charge in [-0.3, -0.25) is 4.79 Å². The van der Waals surface area contributed by atoms with Gasteiger partial charge in [-0.2, -0.15) is 8.42 Å². The van der Waals surface area contributed by atoms with Gasteiger partial charge in [0.15, 0.2) is 0 Å². The van der Waals surface area contributed by atoms with Crippen LogP contribution in [0.1, 0.15) is 34.0 Å². The normalized spacial score (nSPS) is 11.1. The first-order valence-corrected chi connectivity index (χ1v) is 10.7. The van der Waals surface area contributed by atoms with Crippen LogP contribution in [0.4, 0.5) is 5.69 Å². The largest absolute Gasteiger partial charge is 0.379 e. The number of para-hydroxylation sites is 1. The molecule has 1 N–H and O–H groups in total. The summed E-state index contributed by atoms with van der Waals surface area (Å²) in [5.74, 6) is -0.119. The molecule has 150 valence electrons. The fraction of sp³-hybridized carbons (Fsp3) is 0.174. The first kappa shape index (κ1) is 20.6. The van der Waals surface area contributed by atoms with Gasteiger partial charge in [-0.25, -0.2) is 0 Å². The van der Waals surface area contributed by atoms with E-state index in [4.69, 9.17) is 4.18 Å². The van der Waals surface area contributed by atoms with Crippen molar-refractivity contribution in [2.45, 2.75) is 32.1 Å². The maximum Gasteiger partial charge on any atom is 0.339 e. The van der Waals surface area contributed by atoms with Crippen molar-refractivity contribution in [3.63, 3.8) is 0 Å². The van der Waals surface area contributed by atoms with Crippen LogP contribution in [0.2, 0.25) is 0 Å². The first-order valence-electron chi connectivity index (χ1n) is 9.31. The topological polar surface area (TPSA) is 72.5 Å². The third-order valence-corrected chi connectivity index (χ3v) is 5.97. The predicted octanol–water partition coefficient (Wildman–Crippen LogP) is 4.89. The van der Waals surface area contributed by atoms with E-state index in [2.05, 4.69) is 5.32 Å². The van der Waals surface area contributed by atoms with Gasteiger partial charge in [0.1, 0.15) is 10.6 Å². The number of carbonyl (C=O) groups is 1. The molecule has 0 atom stereocenters. The van der Waals surface area contributed by atoms with Crippen LogP contribution in [0.3, 0.4) is 0 Å². The summed E-state index contributed by atoms with van der Waals surface area (Å²) in [6.45, 7) is 5.56. The summed E-state index contributed by atoms with van der Waals surface area (Å²) in [6, 6.07) is 18.8. The Morgan fingerprint density at radius 2 is 1.66 bits per heavy atom. The smallest absolute Gasteiger partial charge is 0.339 e. The Bertz CT molecular complexity index is 1140. The van der Waals surface area contributed by atoms with Gasteiger partial charge in [-0.15, -0.1) is 0 Å². The Morgan fingerprint density at radius 3 is 2.34 bits per heavy atom. The fourth-order valence-corrected chi connectivity index (χ4v) is 4.20. The Hall–Kier alpha value is -3.12. The van der Waals surface area contributed by atoms with Crippen LogP contribution >= 0.6 is 0 Å². The van der Waals surface area contributed by atoms with E-state index in [9.17, 15) is 13.2 Å². The standard InChI is InChI=1S/C23H23NO4S/c1-4-18-7-5-6-8-21(18)24-23(25)19-11-13-20(14-12-19)28-29(26,27)22-15-16(2)9-10-17(22)3/h5-15H,4H2,1-3H3,(H,24,25). The van der Waals surface area contributed by atoms with Crippen LogP contribution in [-0.2, 0) is 16.5 Å². The number of carbonyl (C=O) groups excluding carboxylic acids is 1. The molecular weight excluding hydrogens is 386 g/mol. The lowest BCUT2D eigenvalue weighted by Gasteiger charge is -2.11. The Kier molecular flexibility index (Phi) is 6.03. The van der Waals surface area contributed by atoms with Crippen LogP contribution < -0.4 is 9.50 Å². The lowest BCUT2D eigenvalue weighted by Crippen LogP contribution is -2.14. The van der Waals surface area contributed by atoms with Gasteiger partial charge < -0.3 is 9.50 Å². The van der Waals surface area contributed by atoms with Gasteiger partial charge >= 0.3 is 10.1 Å². The number of benzene rings is 3. The summed E-state index contributed by atoms with van der Waals surface area (Å²) in [5.41, 5.74) is 3.66. The Balaban J connectivity index is 1.76. The number of hydrogen-bond acceptors (Lipinski definition) is 4. The molecule has 0 aliphatic heterocycles. The average molecular weight is 410 g/mol. The molecule has 6 heteroatoms. The van der Waals surface area contributed by atoms with Gasteiger partial charge in [-0.05, 0) is 73.4 Å². The summed E-state index contributed by atoms with van der Waals surface area (Å²) in [6.07, 6.45) is 0.805. The molecule has 3 rings (SSSR count). The van der Waals surface area contributed by atoms with E-state index in [0.29, 0.717) is 11.1 Å².